The SMILES string of the molecule is COc1ccc([C@H]2C3=C(C[C@@H](c4cccs4)CC3=O)Nc3ncnn32)cc1OC. The van der Waals surface area contributed by atoms with Crippen LogP contribution in [0.2, 0.25) is 0 Å². The standard InChI is InChI=1S/C21H20N4O3S/c1-27-16-6-5-12(10-17(16)28-2)20-19-14(24-21-22-11-23-25(20)21)8-13(9-15(19)26)18-4-3-7-29-18/h3-7,10-11,13,20H,8-9H2,1-2H3,(H,22,23,24)/t13-,20+/m1/s1. The molecule has 0 saturated heterocycles. The molecule has 1 aliphatic carbocycles. The second kappa shape index (κ2) is 7.04. The lowest BCUT2D eigenvalue weighted by molar-refractivity contribution is -0.116. The van der Waals surface area contributed by atoms with Crippen LogP contribution in [-0.4, -0.2) is 34.8 Å². The number of methoxy groups -OCH3 is 2. The molecular weight excluding hydrogens is 388 g/mol. The predicted molar refractivity (Wildman–Crippen MR) is 110 cm³/mol. The number of hydrogen-bond acceptors (Lipinski definition) is 7. The van der Waals surface area contributed by atoms with Gasteiger partial charge in [-0.2, -0.15) is 10.1 Å². The number of carbonyl (C=O) groups is 1. The zero-order valence-electron chi connectivity index (χ0n) is 16.1. The highest BCUT2D eigenvalue weighted by Gasteiger charge is 2.39. The molecule has 7 nitrogen and oxygen atoms in total. The fourth-order valence-corrected chi connectivity index (χ4v) is 5.04. The quantitative estimate of drug-likeness (QED) is 0.708. The molecular formula is C21H20N4O3S. The minimum atomic E-state index is -0.347. The Kier molecular flexibility index (Phi) is 4.35. The van der Waals surface area contributed by atoms with Gasteiger partial charge in [0.25, 0.3) is 0 Å². The van der Waals surface area contributed by atoms with Crippen LogP contribution < -0.4 is 14.8 Å². The molecule has 0 bridgehead atoms. The number of rotatable bonds is 4. The molecule has 0 unspecified atom stereocenters. The lowest BCUT2D eigenvalue weighted by Gasteiger charge is -2.35. The number of nitrogens with one attached hydrogen (secondary N) is 1. The second-order valence-corrected chi connectivity index (χ2v) is 8.09. The molecule has 3 aromatic rings. The van der Waals surface area contributed by atoms with Gasteiger partial charge in [0.2, 0.25) is 5.95 Å². The van der Waals surface area contributed by atoms with Crippen molar-refractivity contribution in [3.8, 4) is 11.5 Å². The Morgan fingerprint density at radius 1 is 1.17 bits per heavy atom. The molecule has 3 heterocycles. The minimum absolute atomic E-state index is 0.137. The fraction of sp³-hybridized carbons (Fsp3) is 0.286. The summed E-state index contributed by atoms with van der Waals surface area (Å²) < 4.78 is 12.6. The van der Waals surface area contributed by atoms with Crippen molar-refractivity contribution >= 4 is 23.1 Å². The molecule has 0 radical (unpaired) electrons. The van der Waals surface area contributed by atoms with Crippen LogP contribution >= 0.6 is 11.3 Å². The number of allylic oxidation sites excluding steroid dienone is 2. The molecule has 2 aliphatic rings. The largest absolute Gasteiger partial charge is 0.493 e. The third-order valence-electron chi connectivity index (χ3n) is 5.53. The highest BCUT2D eigenvalue weighted by Crippen LogP contribution is 2.45. The molecule has 2 aromatic heterocycles. The number of ether oxygens (including phenoxy) is 2. The first kappa shape index (κ1) is 17.9. The molecule has 8 heteroatoms. The maximum atomic E-state index is 13.3. The number of thiophene rings is 1. The summed E-state index contributed by atoms with van der Waals surface area (Å²) in [7, 11) is 3.21. The van der Waals surface area contributed by atoms with Crippen LogP contribution in [0.15, 0.2) is 53.3 Å². The summed E-state index contributed by atoms with van der Waals surface area (Å²) in [4.78, 5) is 18.9. The summed E-state index contributed by atoms with van der Waals surface area (Å²) in [6.45, 7) is 0. The molecule has 148 valence electrons. The van der Waals surface area contributed by atoms with Gasteiger partial charge in [-0.3, -0.25) is 4.79 Å². The van der Waals surface area contributed by atoms with Gasteiger partial charge in [-0.15, -0.1) is 11.3 Å². The number of hydrogen-bond donors (Lipinski definition) is 1. The van der Waals surface area contributed by atoms with E-state index in [-0.39, 0.29) is 17.7 Å². The molecule has 0 fully saturated rings. The lowest BCUT2D eigenvalue weighted by atomic mass is 9.80. The molecule has 5 rings (SSSR count). The first-order valence-electron chi connectivity index (χ1n) is 9.37. The van der Waals surface area contributed by atoms with Crippen molar-refractivity contribution in [2.75, 3.05) is 19.5 Å². The van der Waals surface area contributed by atoms with Crippen molar-refractivity contribution < 1.29 is 14.3 Å². The number of Topliss-reactive ketones (excluding diaryl/α,β-unsaturated/α-hetero) is 1. The van der Waals surface area contributed by atoms with E-state index in [1.165, 1.54) is 11.2 Å². The number of fused-ring (bicyclic) bond motifs is 1. The number of carbonyl (C=O) groups excluding carboxylic acids is 1. The van der Waals surface area contributed by atoms with Crippen LogP contribution in [0.4, 0.5) is 5.95 Å². The molecule has 0 saturated carbocycles. The van der Waals surface area contributed by atoms with Crippen molar-refractivity contribution in [3.63, 3.8) is 0 Å². The Bertz CT molecular complexity index is 1100. The molecule has 1 aromatic carbocycles. The number of nitrogens with zero attached hydrogens (tertiary/aromatic N) is 3. The van der Waals surface area contributed by atoms with Gasteiger partial charge in [-0.25, -0.2) is 4.68 Å². The average molecular weight is 408 g/mol. The van der Waals surface area contributed by atoms with E-state index in [0.29, 0.717) is 23.9 Å². The summed E-state index contributed by atoms with van der Waals surface area (Å²) in [5.41, 5.74) is 2.59. The monoisotopic (exact) mass is 408 g/mol. The van der Waals surface area contributed by atoms with Crippen molar-refractivity contribution in [3.05, 3.63) is 63.7 Å². The van der Waals surface area contributed by atoms with Crippen molar-refractivity contribution in [1.29, 1.82) is 0 Å². The Morgan fingerprint density at radius 3 is 2.79 bits per heavy atom. The molecule has 29 heavy (non-hydrogen) atoms. The molecule has 0 spiro atoms. The second-order valence-electron chi connectivity index (χ2n) is 7.11. The van der Waals surface area contributed by atoms with Gasteiger partial charge in [0.05, 0.1) is 14.2 Å². The molecule has 1 N–H and O–H groups in total. The average Bonchev–Trinajstić information content (AvgIpc) is 3.43. The zero-order valence-corrected chi connectivity index (χ0v) is 16.9. The van der Waals surface area contributed by atoms with Gasteiger partial charge < -0.3 is 14.8 Å². The summed E-state index contributed by atoms with van der Waals surface area (Å²) >= 11 is 1.70. The number of anilines is 1. The van der Waals surface area contributed by atoms with E-state index in [1.54, 1.807) is 30.2 Å². The van der Waals surface area contributed by atoms with Gasteiger partial charge in [0.15, 0.2) is 17.3 Å². The van der Waals surface area contributed by atoms with E-state index in [1.807, 2.05) is 24.3 Å². The topological polar surface area (TPSA) is 78.3 Å². The Hall–Kier alpha value is -3.13. The number of benzene rings is 1. The van der Waals surface area contributed by atoms with Gasteiger partial charge in [-0.1, -0.05) is 12.1 Å². The van der Waals surface area contributed by atoms with E-state index in [9.17, 15) is 4.79 Å². The number of ketones is 1. The van der Waals surface area contributed by atoms with Crippen LogP contribution in [-0.2, 0) is 4.79 Å². The van der Waals surface area contributed by atoms with Crippen LogP contribution in [0.1, 0.15) is 35.2 Å². The molecule has 2 atom stereocenters. The van der Waals surface area contributed by atoms with Crippen LogP contribution in [0.5, 0.6) is 11.5 Å². The fourth-order valence-electron chi connectivity index (χ4n) is 4.21. The summed E-state index contributed by atoms with van der Waals surface area (Å²) in [6.07, 6.45) is 2.78. The van der Waals surface area contributed by atoms with Gasteiger partial charge in [-0.05, 0) is 35.6 Å². The zero-order chi connectivity index (χ0) is 20.0. The molecule has 0 amide bonds. The van der Waals surface area contributed by atoms with Gasteiger partial charge in [0, 0.05) is 28.5 Å². The number of aromatic nitrogens is 3. The normalized spacial score (nSPS) is 20.7. The third-order valence-corrected chi connectivity index (χ3v) is 6.57. The Balaban J connectivity index is 1.62. The Labute approximate surface area is 172 Å². The van der Waals surface area contributed by atoms with E-state index < -0.39 is 0 Å². The Morgan fingerprint density at radius 2 is 2.03 bits per heavy atom. The van der Waals surface area contributed by atoms with Gasteiger partial charge in [0.1, 0.15) is 12.4 Å². The van der Waals surface area contributed by atoms with E-state index in [2.05, 4.69) is 26.8 Å². The van der Waals surface area contributed by atoms with E-state index >= 15 is 0 Å². The van der Waals surface area contributed by atoms with Crippen molar-refractivity contribution in [2.45, 2.75) is 24.8 Å². The lowest BCUT2D eigenvalue weighted by Crippen LogP contribution is -2.33. The van der Waals surface area contributed by atoms with Crippen molar-refractivity contribution in [1.82, 2.24) is 14.8 Å². The smallest absolute Gasteiger partial charge is 0.226 e. The summed E-state index contributed by atoms with van der Waals surface area (Å²) in [6, 6.07) is 9.50. The minimum Gasteiger partial charge on any atom is -0.493 e. The maximum absolute atomic E-state index is 13.3. The van der Waals surface area contributed by atoms with Crippen LogP contribution in [0.25, 0.3) is 0 Å². The first-order valence-corrected chi connectivity index (χ1v) is 10.3. The van der Waals surface area contributed by atoms with E-state index in [4.69, 9.17) is 9.47 Å². The summed E-state index contributed by atoms with van der Waals surface area (Å²) in [5, 5.41) is 9.80. The van der Waals surface area contributed by atoms with E-state index in [0.717, 1.165) is 23.3 Å². The highest BCUT2D eigenvalue weighted by atomic mass is 32.1. The predicted octanol–water partition coefficient (Wildman–Crippen LogP) is 3.77. The van der Waals surface area contributed by atoms with Crippen LogP contribution in [0, 0.1) is 0 Å². The molecule has 1 aliphatic heterocycles. The maximum Gasteiger partial charge on any atom is 0.226 e. The van der Waals surface area contributed by atoms with Gasteiger partial charge >= 0.3 is 0 Å². The third kappa shape index (κ3) is 2.91. The van der Waals surface area contributed by atoms with Crippen molar-refractivity contribution in [2.24, 2.45) is 0 Å². The van der Waals surface area contributed by atoms with Crippen LogP contribution in [0.3, 0.4) is 0 Å². The summed E-state index contributed by atoms with van der Waals surface area (Å²) in [5.74, 6) is 2.23. The highest BCUT2D eigenvalue weighted by molar-refractivity contribution is 7.10. The first-order chi connectivity index (χ1) is 14.2.